The summed E-state index contributed by atoms with van der Waals surface area (Å²) in [4.78, 5) is 0. The van der Waals surface area contributed by atoms with Crippen LogP contribution in [0.1, 0.15) is 31.4 Å². The van der Waals surface area contributed by atoms with Crippen LogP contribution in [0, 0.1) is 0 Å². The molecule has 1 rings (SSSR count). The van der Waals surface area contributed by atoms with Gasteiger partial charge in [-0.25, -0.2) is 0 Å². The molecule has 0 fully saturated rings. The zero-order valence-electron chi connectivity index (χ0n) is 9.81. The normalized spacial score (nSPS) is 12.6. The lowest BCUT2D eigenvalue weighted by atomic mass is 10.0. The van der Waals surface area contributed by atoms with E-state index in [1.54, 1.807) is 7.11 Å². The van der Waals surface area contributed by atoms with Crippen LogP contribution in [-0.2, 0) is 0 Å². The molecule has 0 heterocycles. The summed E-state index contributed by atoms with van der Waals surface area (Å²) < 4.78 is 6.31. The minimum Gasteiger partial charge on any atom is -0.495 e. The van der Waals surface area contributed by atoms with Crippen LogP contribution in [0.3, 0.4) is 0 Å². The molecule has 1 N–H and O–H groups in total. The number of nitrogens with one attached hydrogen (secondary N) is 1. The van der Waals surface area contributed by atoms with Crippen LogP contribution in [-0.4, -0.2) is 14.2 Å². The molecule has 2 nitrogen and oxygen atoms in total. The number of rotatable bonds is 5. The van der Waals surface area contributed by atoms with Crippen molar-refractivity contribution in [1.29, 1.82) is 0 Å². The van der Waals surface area contributed by atoms with Crippen LogP contribution in [0.15, 0.2) is 16.6 Å². The van der Waals surface area contributed by atoms with Gasteiger partial charge >= 0.3 is 0 Å². The molecule has 0 spiro atoms. The van der Waals surface area contributed by atoms with Gasteiger partial charge in [-0.15, -0.1) is 0 Å². The Balaban J connectivity index is 3.17. The van der Waals surface area contributed by atoms with Crippen molar-refractivity contribution in [3.05, 3.63) is 27.2 Å². The molecule has 16 heavy (non-hydrogen) atoms. The Kier molecular flexibility index (Phi) is 5.59. The highest BCUT2D eigenvalue weighted by Crippen LogP contribution is 2.37. The summed E-state index contributed by atoms with van der Waals surface area (Å²) in [7, 11) is 3.63. The number of benzene rings is 1. The average molecular weight is 307 g/mol. The van der Waals surface area contributed by atoms with Crippen LogP contribution >= 0.6 is 27.5 Å². The predicted molar refractivity (Wildman–Crippen MR) is 72.4 cm³/mol. The standard InChI is InChI=1S/C12H17BrClNO/c1-4-5-11(15-2)9-6-8(14)7-10(13)12(9)16-3/h6-7,11,15H,4-5H2,1-3H3. The SMILES string of the molecule is CCCC(NC)c1cc(Cl)cc(Br)c1OC. The molecule has 1 unspecified atom stereocenters. The van der Waals surface area contributed by atoms with Gasteiger partial charge in [-0.3, -0.25) is 0 Å². The van der Waals surface area contributed by atoms with Crippen molar-refractivity contribution in [3.63, 3.8) is 0 Å². The maximum Gasteiger partial charge on any atom is 0.137 e. The smallest absolute Gasteiger partial charge is 0.137 e. The van der Waals surface area contributed by atoms with E-state index in [4.69, 9.17) is 16.3 Å². The summed E-state index contributed by atoms with van der Waals surface area (Å²) in [5.41, 5.74) is 1.10. The summed E-state index contributed by atoms with van der Waals surface area (Å²) in [6.07, 6.45) is 2.17. The average Bonchev–Trinajstić information content (AvgIpc) is 2.25. The summed E-state index contributed by atoms with van der Waals surface area (Å²) in [5, 5.41) is 4.01. The second-order valence-corrected chi connectivity index (χ2v) is 4.93. The molecule has 4 heteroatoms. The maximum atomic E-state index is 6.07. The zero-order valence-corrected chi connectivity index (χ0v) is 12.2. The van der Waals surface area contributed by atoms with Gasteiger partial charge < -0.3 is 10.1 Å². The first-order valence-electron chi connectivity index (χ1n) is 5.34. The van der Waals surface area contributed by atoms with Crippen LogP contribution in [0.25, 0.3) is 0 Å². The molecule has 0 aliphatic carbocycles. The predicted octanol–water partition coefficient (Wildman–Crippen LogP) is 4.17. The molecular weight excluding hydrogens is 289 g/mol. The quantitative estimate of drug-likeness (QED) is 0.881. The van der Waals surface area contributed by atoms with Crippen molar-refractivity contribution in [2.75, 3.05) is 14.2 Å². The summed E-state index contributed by atoms with van der Waals surface area (Å²) >= 11 is 9.54. The fourth-order valence-electron chi connectivity index (χ4n) is 1.80. The minimum atomic E-state index is 0.273. The van der Waals surface area contributed by atoms with Gasteiger partial charge in [0.25, 0.3) is 0 Å². The van der Waals surface area contributed by atoms with Crippen LogP contribution in [0.5, 0.6) is 5.75 Å². The number of halogens is 2. The fourth-order valence-corrected chi connectivity index (χ4v) is 2.79. The van der Waals surface area contributed by atoms with E-state index >= 15 is 0 Å². The van der Waals surface area contributed by atoms with Gasteiger partial charge in [0.2, 0.25) is 0 Å². The van der Waals surface area contributed by atoms with Crippen LogP contribution in [0.4, 0.5) is 0 Å². The highest BCUT2D eigenvalue weighted by Gasteiger charge is 2.16. The van der Waals surface area contributed by atoms with E-state index < -0.39 is 0 Å². The third-order valence-corrected chi connectivity index (χ3v) is 3.35. The van der Waals surface area contributed by atoms with Gasteiger partial charge in [-0.05, 0) is 41.5 Å². The lowest BCUT2D eigenvalue weighted by Gasteiger charge is -2.20. The Hall–Kier alpha value is -0.250. The van der Waals surface area contributed by atoms with Crippen molar-refractivity contribution >= 4 is 27.5 Å². The van der Waals surface area contributed by atoms with Crippen LogP contribution < -0.4 is 10.1 Å². The lowest BCUT2D eigenvalue weighted by Crippen LogP contribution is -2.17. The van der Waals surface area contributed by atoms with Gasteiger partial charge in [0.05, 0.1) is 11.6 Å². The first kappa shape index (κ1) is 13.8. The van der Waals surface area contributed by atoms with E-state index in [9.17, 15) is 0 Å². The first-order chi connectivity index (χ1) is 7.63. The Bertz CT molecular complexity index is 357. The lowest BCUT2D eigenvalue weighted by molar-refractivity contribution is 0.396. The summed E-state index contributed by atoms with van der Waals surface area (Å²) in [6, 6.07) is 4.08. The molecule has 0 amide bonds. The molecule has 0 bridgehead atoms. The van der Waals surface area contributed by atoms with Crippen molar-refractivity contribution in [2.45, 2.75) is 25.8 Å². The van der Waals surface area contributed by atoms with E-state index in [0.29, 0.717) is 0 Å². The van der Waals surface area contributed by atoms with Crippen molar-refractivity contribution in [1.82, 2.24) is 5.32 Å². The van der Waals surface area contributed by atoms with E-state index in [2.05, 4.69) is 28.2 Å². The molecule has 0 aliphatic heterocycles. The van der Waals surface area contributed by atoms with E-state index in [1.807, 2.05) is 19.2 Å². The molecule has 0 radical (unpaired) electrons. The Morgan fingerprint density at radius 1 is 1.50 bits per heavy atom. The maximum absolute atomic E-state index is 6.07. The number of hydrogen-bond donors (Lipinski definition) is 1. The Morgan fingerprint density at radius 3 is 2.69 bits per heavy atom. The van der Waals surface area contributed by atoms with Gasteiger partial charge in [0.1, 0.15) is 5.75 Å². The number of methoxy groups -OCH3 is 1. The number of ether oxygens (including phenoxy) is 1. The topological polar surface area (TPSA) is 21.3 Å². The first-order valence-corrected chi connectivity index (χ1v) is 6.51. The largest absolute Gasteiger partial charge is 0.495 e. The van der Waals surface area contributed by atoms with Gasteiger partial charge in [0, 0.05) is 16.6 Å². The summed E-state index contributed by atoms with van der Waals surface area (Å²) in [6.45, 7) is 2.16. The molecule has 0 aliphatic rings. The van der Waals surface area contributed by atoms with E-state index in [0.717, 1.165) is 33.6 Å². The third-order valence-electron chi connectivity index (χ3n) is 2.54. The monoisotopic (exact) mass is 305 g/mol. The van der Waals surface area contributed by atoms with Crippen molar-refractivity contribution < 1.29 is 4.74 Å². The molecule has 1 aromatic carbocycles. The van der Waals surface area contributed by atoms with Crippen molar-refractivity contribution in [2.24, 2.45) is 0 Å². The second-order valence-electron chi connectivity index (χ2n) is 3.64. The Morgan fingerprint density at radius 2 is 2.19 bits per heavy atom. The number of hydrogen-bond acceptors (Lipinski definition) is 2. The minimum absolute atomic E-state index is 0.273. The molecular formula is C12H17BrClNO. The van der Waals surface area contributed by atoms with E-state index in [-0.39, 0.29) is 6.04 Å². The fraction of sp³-hybridized carbons (Fsp3) is 0.500. The highest BCUT2D eigenvalue weighted by molar-refractivity contribution is 9.10. The molecule has 1 aromatic rings. The molecule has 0 saturated carbocycles. The highest BCUT2D eigenvalue weighted by atomic mass is 79.9. The van der Waals surface area contributed by atoms with E-state index in [1.165, 1.54) is 0 Å². The van der Waals surface area contributed by atoms with Gasteiger partial charge in [-0.2, -0.15) is 0 Å². The second kappa shape index (κ2) is 6.48. The van der Waals surface area contributed by atoms with Gasteiger partial charge in [-0.1, -0.05) is 24.9 Å². The van der Waals surface area contributed by atoms with Crippen molar-refractivity contribution in [3.8, 4) is 5.75 Å². The van der Waals surface area contributed by atoms with Crippen LogP contribution in [0.2, 0.25) is 5.02 Å². The zero-order chi connectivity index (χ0) is 12.1. The summed E-state index contributed by atoms with van der Waals surface area (Å²) in [5.74, 6) is 0.859. The molecule has 0 saturated heterocycles. The molecule has 90 valence electrons. The molecule has 1 atom stereocenters. The Labute approximate surface area is 110 Å². The van der Waals surface area contributed by atoms with Gasteiger partial charge in [0.15, 0.2) is 0 Å². The third kappa shape index (κ3) is 3.12. The molecule has 0 aromatic heterocycles.